The second kappa shape index (κ2) is 8.22. The van der Waals surface area contributed by atoms with Crippen LogP contribution in [0.5, 0.6) is 0 Å². The Morgan fingerprint density at radius 2 is 2.15 bits per heavy atom. The van der Waals surface area contributed by atoms with Crippen molar-refractivity contribution in [2.45, 2.75) is 29.6 Å². The Balaban J connectivity index is 1.54. The van der Waals surface area contributed by atoms with Crippen LogP contribution in [0.2, 0.25) is 0 Å². The van der Waals surface area contributed by atoms with Gasteiger partial charge in [-0.05, 0) is 37.7 Å². The van der Waals surface area contributed by atoms with E-state index in [9.17, 15) is 4.79 Å². The number of aromatic nitrogens is 3. The normalized spacial score (nSPS) is 17.2. The quantitative estimate of drug-likeness (QED) is 0.661. The van der Waals surface area contributed by atoms with Gasteiger partial charge in [0.15, 0.2) is 15.8 Å². The Bertz CT molecular complexity index is 930. The molecule has 3 aromatic rings. The van der Waals surface area contributed by atoms with Gasteiger partial charge >= 0.3 is 0 Å². The lowest BCUT2D eigenvalue weighted by Gasteiger charge is -2.36. The summed E-state index contributed by atoms with van der Waals surface area (Å²) in [6.45, 7) is 1.54. The van der Waals surface area contributed by atoms with Gasteiger partial charge in [-0.25, -0.2) is 15.0 Å². The van der Waals surface area contributed by atoms with E-state index < -0.39 is 0 Å². The van der Waals surface area contributed by atoms with Crippen LogP contribution in [-0.4, -0.2) is 46.2 Å². The molecular weight excluding hydrogens is 378 g/mol. The lowest BCUT2D eigenvalue weighted by atomic mass is 10.0. The number of thiazole rings is 1. The van der Waals surface area contributed by atoms with Gasteiger partial charge in [0, 0.05) is 24.7 Å². The molecule has 1 fully saturated rings. The number of hydrogen-bond acceptors (Lipinski definition) is 7. The van der Waals surface area contributed by atoms with Gasteiger partial charge < -0.3 is 10.2 Å². The molecule has 0 saturated carbocycles. The van der Waals surface area contributed by atoms with Crippen LogP contribution in [0.1, 0.15) is 29.6 Å². The SMILES string of the molecule is CSc1nc2ncnc(N3CCCCC3CNC(=O)c3ccccc3)c2s1. The highest BCUT2D eigenvalue weighted by Crippen LogP contribution is 2.35. The highest BCUT2D eigenvalue weighted by Gasteiger charge is 2.26. The number of nitrogens with one attached hydrogen (secondary N) is 1. The van der Waals surface area contributed by atoms with Crippen LogP contribution in [0.25, 0.3) is 10.3 Å². The molecule has 0 aliphatic carbocycles. The third-order valence-electron chi connectivity index (χ3n) is 4.76. The lowest BCUT2D eigenvalue weighted by Crippen LogP contribution is -2.47. The van der Waals surface area contributed by atoms with Crippen LogP contribution in [0, 0.1) is 0 Å². The Hall–Kier alpha value is -2.19. The monoisotopic (exact) mass is 399 g/mol. The number of hydrogen-bond donors (Lipinski definition) is 1. The predicted octanol–water partition coefficient (Wildman–Crippen LogP) is 3.60. The minimum atomic E-state index is -0.0311. The van der Waals surface area contributed by atoms with Gasteiger partial charge in [-0.1, -0.05) is 30.0 Å². The maximum absolute atomic E-state index is 12.4. The minimum absolute atomic E-state index is 0.0311. The van der Waals surface area contributed by atoms with Crippen molar-refractivity contribution in [1.29, 1.82) is 0 Å². The lowest BCUT2D eigenvalue weighted by molar-refractivity contribution is 0.0949. The molecule has 0 spiro atoms. The summed E-state index contributed by atoms with van der Waals surface area (Å²) < 4.78 is 2.03. The third kappa shape index (κ3) is 3.91. The molecule has 1 atom stereocenters. The van der Waals surface area contributed by atoms with Crippen molar-refractivity contribution in [3.05, 3.63) is 42.2 Å². The summed E-state index contributed by atoms with van der Waals surface area (Å²) in [6.07, 6.45) is 6.94. The molecular formula is C19H21N5OS2. The number of carbonyl (C=O) groups excluding carboxylic acids is 1. The van der Waals surface area contributed by atoms with E-state index in [1.165, 1.54) is 0 Å². The van der Waals surface area contributed by atoms with Crippen molar-refractivity contribution >= 4 is 45.2 Å². The predicted molar refractivity (Wildman–Crippen MR) is 111 cm³/mol. The fourth-order valence-electron chi connectivity index (χ4n) is 3.41. The zero-order valence-corrected chi connectivity index (χ0v) is 16.7. The van der Waals surface area contributed by atoms with E-state index in [2.05, 4.69) is 25.2 Å². The van der Waals surface area contributed by atoms with E-state index in [4.69, 9.17) is 0 Å². The molecule has 1 aromatic carbocycles. The molecule has 3 heterocycles. The average molecular weight is 400 g/mol. The second-order valence-corrected chi connectivity index (χ2v) is 8.51. The number of piperidine rings is 1. The maximum Gasteiger partial charge on any atom is 0.251 e. The number of nitrogens with zero attached hydrogens (tertiary/aromatic N) is 4. The number of fused-ring (bicyclic) bond motifs is 1. The zero-order valence-electron chi connectivity index (χ0n) is 15.1. The molecule has 1 aliphatic rings. The number of benzene rings is 1. The fraction of sp³-hybridized carbons (Fsp3) is 0.368. The second-order valence-electron chi connectivity index (χ2n) is 6.45. The molecule has 1 amide bonds. The van der Waals surface area contributed by atoms with Crippen LogP contribution in [0.3, 0.4) is 0 Å². The van der Waals surface area contributed by atoms with Crippen LogP contribution in [0.15, 0.2) is 41.0 Å². The largest absolute Gasteiger partial charge is 0.351 e. The Labute approximate surface area is 166 Å². The fourth-order valence-corrected chi connectivity index (χ4v) is 4.93. The number of rotatable bonds is 5. The van der Waals surface area contributed by atoms with E-state index in [0.717, 1.165) is 46.3 Å². The van der Waals surface area contributed by atoms with Gasteiger partial charge in [-0.2, -0.15) is 0 Å². The molecule has 1 unspecified atom stereocenters. The Kier molecular flexibility index (Phi) is 5.54. The first-order chi connectivity index (χ1) is 13.3. The van der Waals surface area contributed by atoms with Gasteiger partial charge in [0.25, 0.3) is 5.91 Å². The van der Waals surface area contributed by atoms with Crippen molar-refractivity contribution < 1.29 is 4.79 Å². The third-order valence-corrected chi connectivity index (χ3v) is 6.79. The van der Waals surface area contributed by atoms with Gasteiger partial charge in [-0.3, -0.25) is 4.79 Å². The van der Waals surface area contributed by atoms with Gasteiger partial charge in [-0.15, -0.1) is 11.3 Å². The van der Waals surface area contributed by atoms with Gasteiger partial charge in [0.1, 0.15) is 11.0 Å². The number of anilines is 1. The van der Waals surface area contributed by atoms with E-state index in [-0.39, 0.29) is 11.9 Å². The summed E-state index contributed by atoms with van der Waals surface area (Å²) in [5.74, 6) is 0.910. The van der Waals surface area contributed by atoms with Crippen molar-refractivity contribution in [3.8, 4) is 0 Å². The van der Waals surface area contributed by atoms with Crippen molar-refractivity contribution in [1.82, 2.24) is 20.3 Å². The highest BCUT2D eigenvalue weighted by molar-refractivity contribution is 8.00. The molecule has 6 nitrogen and oxygen atoms in total. The molecule has 140 valence electrons. The number of carbonyl (C=O) groups is 1. The van der Waals surface area contributed by atoms with Crippen molar-refractivity contribution in [2.24, 2.45) is 0 Å². The Morgan fingerprint density at radius 1 is 1.30 bits per heavy atom. The number of thioether (sulfide) groups is 1. The maximum atomic E-state index is 12.4. The zero-order chi connectivity index (χ0) is 18.6. The first-order valence-corrected chi connectivity index (χ1v) is 11.1. The highest BCUT2D eigenvalue weighted by atomic mass is 32.2. The smallest absolute Gasteiger partial charge is 0.251 e. The van der Waals surface area contributed by atoms with Crippen LogP contribution >= 0.6 is 23.1 Å². The summed E-state index contributed by atoms with van der Waals surface area (Å²) in [4.78, 5) is 28.2. The first-order valence-electron chi connectivity index (χ1n) is 9.01. The molecule has 0 radical (unpaired) electrons. The van der Waals surface area contributed by atoms with Crippen LogP contribution < -0.4 is 10.2 Å². The van der Waals surface area contributed by atoms with Crippen molar-refractivity contribution in [2.75, 3.05) is 24.2 Å². The summed E-state index contributed by atoms with van der Waals surface area (Å²) in [7, 11) is 0. The van der Waals surface area contributed by atoms with E-state index in [0.29, 0.717) is 12.1 Å². The van der Waals surface area contributed by atoms with Crippen LogP contribution in [0.4, 0.5) is 5.82 Å². The van der Waals surface area contributed by atoms with E-state index in [1.54, 1.807) is 29.4 Å². The molecule has 1 aliphatic heterocycles. The molecule has 1 saturated heterocycles. The minimum Gasteiger partial charge on any atom is -0.351 e. The molecule has 0 bridgehead atoms. The van der Waals surface area contributed by atoms with E-state index in [1.807, 2.05) is 36.6 Å². The molecule has 27 heavy (non-hydrogen) atoms. The van der Waals surface area contributed by atoms with Crippen LogP contribution in [-0.2, 0) is 0 Å². The summed E-state index contributed by atoms with van der Waals surface area (Å²) in [5.41, 5.74) is 1.45. The molecule has 1 N–H and O–H groups in total. The topological polar surface area (TPSA) is 71.0 Å². The van der Waals surface area contributed by atoms with Gasteiger partial charge in [0.05, 0.1) is 0 Å². The summed E-state index contributed by atoms with van der Waals surface area (Å²) >= 11 is 3.27. The number of amides is 1. The summed E-state index contributed by atoms with van der Waals surface area (Å²) in [5, 5.41) is 3.09. The molecule has 8 heteroatoms. The molecule has 2 aromatic heterocycles. The Morgan fingerprint density at radius 3 is 2.96 bits per heavy atom. The standard InChI is InChI=1S/C19H21N5OS2/c1-26-19-23-16-15(27-19)17(22-12-21-16)24-10-6-5-9-14(24)11-20-18(25)13-7-3-2-4-8-13/h2-4,7-8,12,14H,5-6,9-11H2,1H3,(H,20,25). The van der Waals surface area contributed by atoms with E-state index >= 15 is 0 Å². The average Bonchev–Trinajstić information content (AvgIpc) is 3.16. The first kappa shape index (κ1) is 18.2. The molecule has 4 rings (SSSR count). The summed E-state index contributed by atoms with van der Waals surface area (Å²) in [6, 6.07) is 9.58. The van der Waals surface area contributed by atoms with Gasteiger partial charge in [0.2, 0.25) is 0 Å². The van der Waals surface area contributed by atoms with Crippen molar-refractivity contribution in [3.63, 3.8) is 0 Å².